The van der Waals surface area contributed by atoms with E-state index in [4.69, 9.17) is 28.9 Å². The fourth-order valence-corrected chi connectivity index (χ4v) is 4.54. The minimum absolute atomic E-state index is 0.733. The maximum absolute atomic E-state index is 5.32. The lowest BCUT2D eigenvalue weighted by molar-refractivity contribution is 0.414. The van der Waals surface area contributed by atoms with Crippen molar-refractivity contribution in [2.75, 3.05) is 28.4 Å². The van der Waals surface area contributed by atoms with Crippen molar-refractivity contribution in [2.45, 2.75) is 0 Å². The highest BCUT2D eigenvalue weighted by atomic mass is 16.5. The number of hydrogen-bond acceptors (Lipinski definition) is 6. The molecule has 5 aromatic rings. The number of benzene rings is 4. The maximum Gasteiger partial charge on any atom is 0.118 e. The molecule has 0 aliphatic carbocycles. The lowest BCUT2D eigenvalue weighted by Gasteiger charge is -2.08. The Morgan fingerprint density at radius 2 is 0.500 bits per heavy atom. The number of hydrogen-bond donors (Lipinski definition) is 0. The van der Waals surface area contributed by atoms with E-state index in [9.17, 15) is 0 Å². The van der Waals surface area contributed by atoms with E-state index in [2.05, 4.69) is 0 Å². The summed E-state index contributed by atoms with van der Waals surface area (Å²) in [5, 5.41) is 0. The van der Waals surface area contributed by atoms with Crippen LogP contribution in [-0.4, -0.2) is 38.4 Å². The van der Waals surface area contributed by atoms with Gasteiger partial charge in [-0.05, 0) is 95.1 Å². The first-order valence-corrected chi connectivity index (χ1v) is 14.8. The summed E-state index contributed by atoms with van der Waals surface area (Å²) < 4.78 is 21.3. The van der Waals surface area contributed by atoms with Crippen LogP contribution in [-0.2, 0) is 0 Å². The van der Waals surface area contributed by atoms with Crippen molar-refractivity contribution in [3.05, 3.63) is 142 Å². The van der Waals surface area contributed by atoms with E-state index < -0.39 is 0 Å². The molecular weight excluding hydrogens is 572 g/mol. The Kier molecular flexibility index (Phi) is 10.8. The summed E-state index contributed by atoms with van der Waals surface area (Å²) in [5.74, 6) is 3.22. The van der Waals surface area contributed by atoms with Crippen LogP contribution in [0.1, 0.15) is 45.0 Å². The number of ether oxygens (including phenoxy) is 4. The van der Waals surface area contributed by atoms with Gasteiger partial charge in [-0.2, -0.15) is 0 Å². The van der Waals surface area contributed by atoms with Gasteiger partial charge < -0.3 is 18.9 Å². The summed E-state index contributed by atoms with van der Waals surface area (Å²) in [6.07, 6.45) is 16.1. The van der Waals surface area contributed by atoms with E-state index in [-0.39, 0.29) is 0 Å². The number of methoxy groups -OCH3 is 4. The molecule has 0 radical (unpaired) electrons. The first kappa shape index (κ1) is 31.5. The molecule has 0 aliphatic heterocycles. The largest absolute Gasteiger partial charge is 0.497 e. The predicted octanol–water partition coefficient (Wildman–Crippen LogP) is 9.19. The number of aromatic nitrogens is 2. The lowest BCUT2D eigenvalue weighted by atomic mass is 10.1. The zero-order chi connectivity index (χ0) is 32.1. The van der Waals surface area contributed by atoms with Gasteiger partial charge in [0, 0.05) is 0 Å². The monoisotopic (exact) mass is 608 g/mol. The number of rotatable bonds is 12. The Balaban J connectivity index is 1.58. The molecule has 0 saturated carbocycles. The Morgan fingerprint density at radius 1 is 0.304 bits per heavy atom. The summed E-state index contributed by atoms with van der Waals surface area (Å²) in [7, 11) is 6.64. The van der Waals surface area contributed by atoms with Crippen molar-refractivity contribution in [1.82, 2.24) is 9.97 Å². The molecule has 6 nitrogen and oxygen atoms in total. The van der Waals surface area contributed by atoms with Gasteiger partial charge in [0.15, 0.2) is 0 Å². The fraction of sp³-hybridized carbons (Fsp3) is 0.100. The molecular formula is C40H36N2O4. The molecule has 46 heavy (non-hydrogen) atoms. The minimum atomic E-state index is 0.733. The Bertz CT molecular complexity index is 1560. The van der Waals surface area contributed by atoms with Crippen molar-refractivity contribution < 1.29 is 18.9 Å². The van der Waals surface area contributed by atoms with E-state index in [1.54, 1.807) is 28.4 Å². The summed E-state index contributed by atoms with van der Waals surface area (Å²) in [6.45, 7) is 0. The maximum atomic E-state index is 5.32. The molecule has 4 aromatic carbocycles. The average Bonchev–Trinajstić information content (AvgIpc) is 3.12. The van der Waals surface area contributed by atoms with Gasteiger partial charge in [0.2, 0.25) is 0 Å². The Morgan fingerprint density at radius 3 is 0.674 bits per heavy atom. The molecule has 0 bridgehead atoms. The standard InChI is InChI=1S/C40H36N2O4/c1-43-33-17-5-29(6-18-33)13-25-37-38(26-14-30-7-19-34(44-2)20-8-30)42-40(28-16-32-11-23-36(46-4)24-12-32)39(41-37)27-15-31-9-21-35(45-3)22-10-31/h5-28H,1-4H3/b25-13+,26-14+,27-15+,28-16+. The summed E-state index contributed by atoms with van der Waals surface area (Å²) in [4.78, 5) is 10.2. The molecule has 0 fully saturated rings. The normalized spacial score (nSPS) is 11.6. The first-order chi connectivity index (χ1) is 22.6. The predicted molar refractivity (Wildman–Crippen MR) is 190 cm³/mol. The third-order valence-electron chi connectivity index (χ3n) is 7.20. The van der Waals surface area contributed by atoms with Gasteiger partial charge in [0.1, 0.15) is 23.0 Å². The van der Waals surface area contributed by atoms with Crippen LogP contribution in [0.25, 0.3) is 48.6 Å². The zero-order valence-corrected chi connectivity index (χ0v) is 26.4. The Labute approximate surface area is 270 Å². The second-order valence-electron chi connectivity index (χ2n) is 10.2. The van der Waals surface area contributed by atoms with Crippen LogP contribution in [0.2, 0.25) is 0 Å². The zero-order valence-electron chi connectivity index (χ0n) is 26.4. The lowest BCUT2D eigenvalue weighted by Crippen LogP contribution is -2.00. The van der Waals surface area contributed by atoms with Crippen LogP contribution in [0.4, 0.5) is 0 Å². The molecule has 0 N–H and O–H groups in total. The van der Waals surface area contributed by atoms with Gasteiger partial charge in [0.25, 0.3) is 0 Å². The van der Waals surface area contributed by atoms with Crippen LogP contribution >= 0.6 is 0 Å². The average molecular weight is 609 g/mol. The van der Waals surface area contributed by atoms with Gasteiger partial charge in [-0.25, -0.2) is 9.97 Å². The molecule has 230 valence electrons. The van der Waals surface area contributed by atoms with Crippen molar-refractivity contribution in [3.63, 3.8) is 0 Å². The van der Waals surface area contributed by atoms with E-state index in [0.29, 0.717) is 0 Å². The van der Waals surface area contributed by atoms with E-state index in [1.807, 2.05) is 146 Å². The Hall–Kier alpha value is -5.88. The molecule has 0 amide bonds. The van der Waals surface area contributed by atoms with Crippen LogP contribution in [0, 0.1) is 0 Å². The van der Waals surface area contributed by atoms with Gasteiger partial charge in [0.05, 0.1) is 51.2 Å². The van der Waals surface area contributed by atoms with Crippen LogP contribution in [0.5, 0.6) is 23.0 Å². The molecule has 0 atom stereocenters. The molecule has 6 heteroatoms. The van der Waals surface area contributed by atoms with Crippen molar-refractivity contribution in [2.24, 2.45) is 0 Å². The topological polar surface area (TPSA) is 62.7 Å². The van der Waals surface area contributed by atoms with E-state index >= 15 is 0 Å². The summed E-state index contributed by atoms with van der Waals surface area (Å²) in [6, 6.07) is 31.5. The fourth-order valence-electron chi connectivity index (χ4n) is 4.54. The molecule has 5 rings (SSSR count). The van der Waals surface area contributed by atoms with Crippen LogP contribution < -0.4 is 18.9 Å². The van der Waals surface area contributed by atoms with Gasteiger partial charge >= 0.3 is 0 Å². The molecule has 0 unspecified atom stereocenters. The van der Waals surface area contributed by atoms with Crippen molar-refractivity contribution in [1.29, 1.82) is 0 Å². The highest BCUT2D eigenvalue weighted by Gasteiger charge is 2.09. The van der Waals surface area contributed by atoms with E-state index in [1.165, 1.54) is 0 Å². The second-order valence-corrected chi connectivity index (χ2v) is 10.2. The summed E-state index contributed by atoms with van der Waals surface area (Å²) in [5.41, 5.74) is 7.01. The van der Waals surface area contributed by atoms with Crippen molar-refractivity contribution >= 4 is 48.6 Å². The van der Waals surface area contributed by atoms with Crippen molar-refractivity contribution in [3.8, 4) is 23.0 Å². The van der Waals surface area contributed by atoms with E-state index in [0.717, 1.165) is 68.0 Å². The van der Waals surface area contributed by atoms with Gasteiger partial charge in [-0.15, -0.1) is 0 Å². The molecule has 0 aliphatic rings. The molecule has 1 aromatic heterocycles. The third kappa shape index (κ3) is 8.61. The highest BCUT2D eigenvalue weighted by Crippen LogP contribution is 2.22. The molecule has 0 saturated heterocycles. The smallest absolute Gasteiger partial charge is 0.118 e. The molecule has 1 heterocycles. The second kappa shape index (κ2) is 15.7. The SMILES string of the molecule is COc1ccc(/C=C/c2nc(/C=C/c3ccc(OC)cc3)c(/C=C/c3ccc(OC)cc3)nc2/C=C/c2ccc(OC)cc2)cc1. The summed E-state index contributed by atoms with van der Waals surface area (Å²) >= 11 is 0. The van der Waals surface area contributed by atoms with Crippen LogP contribution in [0.3, 0.4) is 0 Å². The van der Waals surface area contributed by atoms with Crippen LogP contribution in [0.15, 0.2) is 97.1 Å². The quantitative estimate of drug-likeness (QED) is 0.141. The third-order valence-corrected chi connectivity index (χ3v) is 7.20. The highest BCUT2D eigenvalue weighted by molar-refractivity contribution is 5.81. The minimum Gasteiger partial charge on any atom is -0.497 e. The van der Waals surface area contributed by atoms with Gasteiger partial charge in [-0.3, -0.25) is 0 Å². The first-order valence-electron chi connectivity index (χ1n) is 14.8. The number of nitrogens with zero attached hydrogens (tertiary/aromatic N) is 2. The molecule has 0 spiro atoms. The van der Waals surface area contributed by atoms with Gasteiger partial charge in [-0.1, -0.05) is 72.8 Å².